The summed E-state index contributed by atoms with van der Waals surface area (Å²) in [4.78, 5) is 2.63. The van der Waals surface area contributed by atoms with Gasteiger partial charge in [-0.2, -0.15) is 0 Å². The summed E-state index contributed by atoms with van der Waals surface area (Å²) in [5, 5.41) is 0. The molecule has 0 amide bonds. The molecule has 92 valence electrons. The molecule has 0 saturated carbocycles. The number of piperidine rings is 1. The number of hydrogen-bond acceptors (Lipinski definition) is 1. The van der Waals surface area contributed by atoms with Gasteiger partial charge in [0.15, 0.2) is 0 Å². The minimum Gasteiger partial charge on any atom is -0.300 e. The van der Waals surface area contributed by atoms with Gasteiger partial charge in [0.2, 0.25) is 0 Å². The van der Waals surface area contributed by atoms with E-state index >= 15 is 0 Å². The van der Waals surface area contributed by atoms with Gasteiger partial charge in [-0.1, -0.05) is 36.8 Å². The van der Waals surface area contributed by atoms with Crippen molar-refractivity contribution in [2.45, 2.75) is 51.1 Å². The van der Waals surface area contributed by atoms with Crippen LogP contribution in [0.3, 0.4) is 0 Å². The van der Waals surface area contributed by atoms with Crippen molar-refractivity contribution in [1.82, 2.24) is 4.90 Å². The highest BCUT2D eigenvalue weighted by atomic mass is 15.2. The molecule has 2 saturated heterocycles. The van der Waals surface area contributed by atoms with Crippen LogP contribution in [0.25, 0.3) is 0 Å². The van der Waals surface area contributed by atoms with Gasteiger partial charge in [-0.15, -0.1) is 0 Å². The van der Waals surface area contributed by atoms with E-state index in [9.17, 15) is 0 Å². The van der Waals surface area contributed by atoms with Crippen LogP contribution in [0.2, 0.25) is 0 Å². The maximum absolute atomic E-state index is 2.63. The highest BCUT2D eigenvalue weighted by Gasteiger charge is 2.43. The Balaban J connectivity index is 1.87. The molecule has 2 aliphatic heterocycles. The molecular weight excluding hydrogens is 206 g/mol. The Labute approximate surface area is 105 Å². The van der Waals surface area contributed by atoms with Crippen molar-refractivity contribution in [3.05, 3.63) is 35.4 Å². The summed E-state index contributed by atoms with van der Waals surface area (Å²) >= 11 is 0. The van der Waals surface area contributed by atoms with Gasteiger partial charge in [0.05, 0.1) is 0 Å². The van der Waals surface area contributed by atoms with Crippen molar-refractivity contribution in [2.75, 3.05) is 7.05 Å². The molecule has 0 N–H and O–H groups in total. The lowest BCUT2D eigenvalue weighted by molar-refractivity contribution is 0.110. The summed E-state index contributed by atoms with van der Waals surface area (Å²) < 4.78 is 0. The van der Waals surface area contributed by atoms with Crippen LogP contribution >= 0.6 is 0 Å². The van der Waals surface area contributed by atoms with Gasteiger partial charge in [-0.25, -0.2) is 0 Å². The summed E-state index contributed by atoms with van der Waals surface area (Å²) in [5.74, 6) is 1.59. The summed E-state index contributed by atoms with van der Waals surface area (Å²) in [6.07, 6.45) is 4.18. The molecule has 17 heavy (non-hydrogen) atoms. The fourth-order valence-electron chi connectivity index (χ4n) is 3.99. The molecule has 2 fully saturated rings. The fraction of sp³-hybridized carbons (Fsp3) is 0.625. The Morgan fingerprint density at radius 2 is 1.82 bits per heavy atom. The van der Waals surface area contributed by atoms with Crippen LogP contribution in [0.5, 0.6) is 0 Å². The number of fused-ring (bicyclic) bond motifs is 2. The average Bonchev–Trinajstić information content (AvgIpc) is 2.58. The Morgan fingerprint density at radius 3 is 2.53 bits per heavy atom. The molecule has 3 rings (SSSR count). The fourth-order valence-corrected chi connectivity index (χ4v) is 3.99. The molecule has 1 nitrogen and oxygen atoms in total. The molecule has 2 heterocycles. The first-order valence-electron chi connectivity index (χ1n) is 6.95. The second-order valence-corrected chi connectivity index (χ2v) is 6.08. The standard InChI is InChI=1S/C16H23N/c1-11-4-6-13(7-5-11)15-10-14-8-9-16(12(15)2)17(14)3/h4-7,12,14-16H,8-10H2,1-3H3. The minimum absolute atomic E-state index is 0.782. The summed E-state index contributed by atoms with van der Waals surface area (Å²) in [6, 6.07) is 10.9. The third kappa shape index (κ3) is 1.81. The van der Waals surface area contributed by atoms with Crippen molar-refractivity contribution >= 4 is 0 Å². The van der Waals surface area contributed by atoms with Crippen molar-refractivity contribution in [3.8, 4) is 0 Å². The van der Waals surface area contributed by atoms with Crippen LogP contribution in [-0.2, 0) is 0 Å². The Hall–Kier alpha value is -0.820. The van der Waals surface area contributed by atoms with Gasteiger partial charge in [0, 0.05) is 12.1 Å². The van der Waals surface area contributed by atoms with Crippen LogP contribution in [0, 0.1) is 12.8 Å². The quantitative estimate of drug-likeness (QED) is 0.711. The minimum atomic E-state index is 0.782. The monoisotopic (exact) mass is 229 g/mol. The Kier molecular flexibility index (Phi) is 2.74. The van der Waals surface area contributed by atoms with Crippen LogP contribution in [0.4, 0.5) is 0 Å². The first-order chi connectivity index (χ1) is 8.16. The maximum Gasteiger partial charge on any atom is 0.0127 e. The average molecular weight is 229 g/mol. The largest absolute Gasteiger partial charge is 0.300 e. The lowest BCUT2D eigenvalue weighted by atomic mass is 9.77. The molecule has 0 aromatic heterocycles. The Bertz CT molecular complexity index is 394. The summed E-state index contributed by atoms with van der Waals surface area (Å²) in [5.41, 5.74) is 2.94. The van der Waals surface area contributed by atoms with Gasteiger partial charge in [-0.3, -0.25) is 0 Å². The van der Waals surface area contributed by atoms with E-state index in [1.165, 1.54) is 24.8 Å². The van der Waals surface area contributed by atoms with Crippen LogP contribution < -0.4 is 0 Å². The smallest absolute Gasteiger partial charge is 0.0127 e. The second-order valence-electron chi connectivity index (χ2n) is 6.08. The first-order valence-corrected chi connectivity index (χ1v) is 6.95. The van der Waals surface area contributed by atoms with E-state index in [1.807, 2.05) is 0 Å². The second kappa shape index (κ2) is 4.13. The van der Waals surface area contributed by atoms with E-state index in [1.54, 1.807) is 5.56 Å². The summed E-state index contributed by atoms with van der Waals surface area (Å²) in [7, 11) is 2.32. The lowest BCUT2D eigenvalue weighted by Gasteiger charge is -2.41. The topological polar surface area (TPSA) is 3.24 Å². The van der Waals surface area contributed by atoms with Gasteiger partial charge >= 0.3 is 0 Å². The molecule has 0 spiro atoms. The zero-order valence-corrected chi connectivity index (χ0v) is 11.2. The molecule has 4 unspecified atom stereocenters. The predicted molar refractivity (Wildman–Crippen MR) is 72.3 cm³/mol. The molecule has 1 aromatic rings. The number of rotatable bonds is 1. The van der Waals surface area contributed by atoms with Gasteiger partial charge in [-0.05, 0) is 50.6 Å². The molecule has 0 radical (unpaired) electrons. The third-order valence-corrected chi connectivity index (χ3v) is 5.17. The van der Waals surface area contributed by atoms with E-state index in [-0.39, 0.29) is 0 Å². The zero-order valence-electron chi connectivity index (χ0n) is 11.2. The van der Waals surface area contributed by atoms with E-state index in [0.29, 0.717) is 0 Å². The van der Waals surface area contributed by atoms with Crippen molar-refractivity contribution in [1.29, 1.82) is 0 Å². The highest BCUT2D eigenvalue weighted by Crippen LogP contribution is 2.45. The number of nitrogens with zero attached hydrogens (tertiary/aromatic N) is 1. The van der Waals surface area contributed by atoms with Crippen LogP contribution in [-0.4, -0.2) is 24.0 Å². The summed E-state index contributed by atoms with van der Waals surface area (Å²) in [6.45, 7) is 4.62. The molecule has 1 heteroatoms. The van der Waals surface area contributed by atoms with E-state index in [0.717, 1.165) is 23.9 Å². The van der Waals surface area contributed by atoms with E-state index < -0.39 is 0 Å². The zero-order chi connectivity index (χ0) is 12.0. The number of hydrogen-bond donors (Lipinski definition) is 0. The molecule has 2 bridgehead atoms. The van der Waals surface area contributed by atoms with Crippen molar-refractivity contribution in [2.24, 2.45) is 5.92 Å². The lowest BCUT2D eigenvalue weighted by Crippen LogP contribution is -2.44. The molecule has 1 aromatic carbocycles. The van der Waals surface area contributed by atoms with Gasteiger partial charge in [0.25, 0.3) is 0 Å². The van der Waals surface area contributed by atoms with Crippen LogP contribution in [0.15, 0.2) is 24.3 Å². The molecule has 2 aliphatic rings. The van der Waals surface area contributed by atoms with Crippen LogP contribution in [0.1, 0.15) is 43.2 Å². The maximum atomic E-state index is 2.63. The van der Waals surface area contributed by atoms with Crippen molar-refractivity contribution in [3.63, 3.8) is 0 Å². The van der Waals surface area contributed by atoms with Gasteiger partial charge in [0.1, 0.15) is 0 Å². The predicted octanol–water partition coefficient (Wildman–Crippen LogP) is 3.58. The number of benzene rings is 1. The molecule has 0 aliphatic carbocycles. The normalized spacial score (nSPS) is 37.4. The van der Waals surface area contributed by atoms with E-state index in [2.05, 4.69) is 50.1 Å². The number of aryl methyl sites for hydroxylation is 1. The SMILES string of the molecule is Cc1ccc(C2CC3CCC(C2C)N3C)cc1. The van der Waals surface area contributed by atoms with E-state index in [4.69, 9.17) is 0 Å². The molecule has 4 atom stereocenters. The first kappa shape index (κ1) is 11.3. The molecular formula is C16H23N. The third-order valence-electron chi connectivity index (χ3n) is 5.17. The van der Waals surface area contributed by atoms with Gasteiger partial charge < -0.3 is 4.90 Å². The Morgan fingerprint density at radius 1 is 1.12 bits per heavy atom. The highest BCUT2D eigenvalue weighted by molar-refractivity contribution is 5.26. The van der Waals surface area contributed by atoms with Crippen molar-refractivity contribution < 1.29 is 0 Å².